The molecule has 0 bridgehead atoms. The first-order valence-electron chi connectivity index (χ1n) is 8.96. The number of aromatic nitrogens is 1. The summed E-state index contributed by atoms with van der Waals surface area (Å²) in [6.07, 6.45) is 2.53. The number of rotatable bonds is 6. The van der Waals surface area contributed by atoms with Crippen LogP contribution < -0.4 is 4.74 Å². The number of piperidine rings is 1. The highest BCUT2D eigenvalue weighted by Crippen LogP contribution is 2.22. The number of carbonyl (C=O) groups excluding carboxylic acids is 2. The van der Waals surface area contributed by atoms with Crippen LogP contribution in [0.3, 0.4) is 0 Å². The van der Waals surface area contributed by atoms with E-state index in [-0.39, 0.29) is 48.3 Å². The maximum absolute atomic E-state index is 13.6. The Morgan fingerprint density at radius 2 is 2.18 bits per heavy atom. The van der Waals surface area contributed by atoms with Crippen molar-refractivity contribution >= 4 is 11.9 Å². The molecular weight excluding hydrogens is 374 g/mol. The average Bonchev–Trinajstić information content (AvgIpc) is 3.18. The molecule has 1 amide bonds. The fraction of sp³-hybridized carbons (Fsp3) is 0.421. The van der Waals surface area contributed by atoms with Crippen LogP contribution in [0.2, 0.25) is 0 Å². The van der Waals surface area contributed by atoms with E-state index in [1.54, 1.807) is 6.92 Å². The second-order valence-corrected chi connectivity index (χ2v) is 6.31. The van der Waals surface area contributed by atoms with Crippen molar-refractivity contribution in [2.75, 3.05) is 19.7 Å². The van der Waals surface area contributed by atoms with Crippen molar-refractivity contribution in [3.05, 3.63) is 47.7 Å². The number of halogens is 2. The molecule has 1 atom stereocenters. The zero-order chi connectivity index (χ0) is 20.1. The number of esters is 1. The van der Waals surface area contributed by atoms with Crippen molar-refractivity contribution < 1.29 is 32.3 Å². The monoisotopic (exact) mass is 394 g/mol. The zero-order valence-electron chi connectivity index (χ0n) is 15.3. The Hall–Kier alpha value is -2.97. The minimum atomic E-state index is -1.11. The maximum Gasteiger partial charge on any atom is 0.310 e. The first kappa shape index (κ1) is 19.8. The Balaban J connectivity index is 1.60. The van der Waals surface area contributed by atoms with Crippen LogP contribution in [-0.4, -0.2) is 41.5 Å². The molecule has 2 aromatic rings. The molecule has 0 unspecified atom stereocenters. The van der Waals surface area contributed by atoms with E-state index >= 15 is 0 Å². The first-order chi connectivity index (χ1) is 13.5. The number of benzene rings is 1. The van der Waals surface area contributed by atoms with Gasteiger partial charge in [0.2, 0.25) is 11.7 Å². The molecule has 0 aliphatic carbocycles. The summed E-state index contributed by atoms with van der Waals surface area (Å²) in [7, 11) is 0. The average molecular weight is 394 g/mol. The van der Waals surface area contributed by atoms with Gasteiger partial charge in [-0.1, -0.05) is 6.07 Å². The van der Waals surface area contributed by atoms with Crippen molar-refractivity contribution in [3.63, 3.8) is 0 Å². The van der Waals surface area contributed by atoms with E-state index < -0.39 is 11.6 Å². The Morgan fingerprint density at radius 1 is 1.36 bits per heavy atom. The van der Waals surface area contributed by atoms with Crippen molar-refractivity contribution in [3.8, 4) is 5.75 Å². The van der Waals surface area contributed by atoms with Crippen LogP contribution in [0.1, 0.15) is 36.1 Å². The number of hydrogen-bond acceptors (Lipinski definition) is 6. The van der Waals surface area contributed by atoms with Gasteiger partial charge in [-0.05, 0) is 31.9 Å². The highest BCUT2D eigenvalue weighted by molar-refractivity contribution is 5.92. The van der Waals surface area contributed by atoms with E-state index in [0.717, 1.165) is 6.07 Å². The van der Waals surface area contributed by atoms with Gasteiger partial charge in [-0.2, -0.15) is 4.39 Å². The molecule has 28 heavy (non-hydrogen) atoms. The van der Waals surface area contributed by atoms with E-state index in [2.05, 4.69) is 4.98 Å². The topological polar surface area (TPSA) is 81.9 Å². The normalized spacial score (nSPS) is 16.7. The number of ether oxygens (including phenoxy) is 2. The molecule has 9 heteroatoms. The fourth-order valence-electron chi connectivity index (χ4n) is 2.99. The van der Waals surface area contributed by atoms with Crippen LogP contribution in [0.5, 0.6) is 5.75 Å². The van der Waals surface area contributed by atoms with Crippen LogP contribution in [-0.2, 0) is 16.1 Å². The Morgan fingerprint density at radius 3 is 2.96 bits per heavy atom. The van der Waals surface area contributed by atoms with Gasteiger partial charge in [-0.15, -0.1) is 0 Å². The Bertz CT molecular complexity index is 855. The largest absolute Gasteiger partial charge is 0.481 e. The fourth-order valence-corrected chi connectivity index (χ4v) is 2.99. The van der Waals surface area contributed by atoms with E-state index in [9.17, 15) is 18.4 Å². The van der Waals surface area contributed by atoms with Crippen molar-refractivity contribution in [1.29, 1.82) is 0 Å². The SMILES string of the molecule is CCOC(=O)[C@H]1CCCN(C(=O)c2coc(COc3cccc(F)c3F)n2)C1. The van der Waals surface area contributed by atoms with Gasteiger partial charge in [0.15, 0.2) is 23.9 Å². The van der Waals surface area contributed by atoms with Crippen molar-refractivity contribution in [1.82, 2.24) is 9.88 Å². The highest BCUT2D eigenvalue weighted by atomic mass is 19.2. The molecule has 1 aliphatic heterocycles. The van der Waals surface area contributed by atoms with Crippen LogP contribution >= 0.6 is 0 Å². The zero-order valence-corrected chi connectivity index (χ0v) is 15.3. The number of nitrogens with zero attached hydrogens (tertiary/aromatic N) is 2. The van der Waals surface area contributed by atoms with Gasteiger partial charge in [-0.3, -0.25) is 9.59 Å². The van der Waals surface area contributed by atoms with Crippen LogP contribution in [0.25, 0.3) is 0 Å². The van der Waals surface area contributed by atoms with E-state index in [1.165, 1.54) is 23.3 Å². The summed E-state index contributed by atoms with van der Waals surface area (Å²) in [6, 6.07) is 3.57. The molecule has 3 rings (SSSR count). The van der Waals surface area contributed by atoms with Crippen molar-refractivity contribution in [2.45, 2.75) is 26.4 Å². The molecule has 0 N–H and O–H groups in total. The molecule has 2 heterocycles. The molecule has 150 valence electrons. The minimum absolute atomic E-state index is 0.0472. The van der Waals surface area contributed by atoms with E-state index in [4.69, 9.17) is 13.9 Å². The Labute approximate surface area is 160 Å². The molecule has 1 aliphatic rings. The number of amides is 1. The highest BCUT2D eigenvalue weighted by Gasteiger charge is 2.31. The lowest BCUT2D eigenvalue weighted by Crippen LogP contribution is -2.43. The Kier molecular flexibility index (Phi) is 6.23. The molecule has 0 saturated carbocycles. The van der Waals surface area contributed by atoms with Crippen LogP contribution in [0.4, 0.5) is 8.78 Å². The summed E-state index contributed by atoms with van der Waals surface area (Å²) in [5.74, 6) is -3.41. The number of oxazole rings is 1. The lowest BCUT2D eigenvalue weighted by molar-refractivity contribution is -0.149. The molecule has 0 spiro atoms. The molecule has 1 aromatic heterocycles. The smallest absolute Gasteiger partial charge is 0.310 e. The molecule has 0 radical (unpaired) electrons. The molecule has 1 fully saturated rings. The lowest BCUT2D eigenvalue weighted by atomic mass is 9.98. The summed E-state index contributed by atoms with van der Waals surface area (Å²) in [5.41, 5.74) is 0.0582. The van der Waals surface area contributed by atoms with Gasteiger partial charge in [0.25, 0.3) is 5.91 Å². The first-order valence-corrected chi connectivity index (χ1v) is 8.96. The number of likely N-dealkylation sites (tertiary alicyclic amines) is 1. The third-order valence-electron chi connectivity index (χ3n) is 4.37. The minimum Gasteiger partial charge on any atom is -0.481 e. The lowest BCUT2D eigenvalue weighted by Gasteiger charge is -2.30. The summed E-state index contributed by atoms with van der Waals surface area (Å²) < 4.78 is 42.1. The van der Waals surface area contributed by atoms with Crippen molar-refractivity contribution in [2.24, 2.45) is 5.92 Å². The van der Waals surface area contributed by atoms with Crippen LogP contribution in [0.15, 0.2) is 28.9 Å². The summed E-state index contributed by atoms with van der Waals surface area (Å²) in [4.78, 5) is 30.1. The van der Waals surface area contributed by atoms with E-state index in [0.29, 0.717) is 26.0 Å². The van der Waals surface area contributed by atoms with E-state index in [1.807, 2.05) is 0 Å². The molecule has 7 nitrogen and oxygen atoms in total. The van der Waals surface area contributed by atoms with Gasteiger partial charge in [0, 0.05) is 13.1 Å². The van der Waals surface area contributed by atoms with Gasteiger partial charge in [0.1, 0.15) is 6.26 Å². The molecule has 1 saturated heterocycles. The third kappa shape index (κ3) is 4.47. The summed E-state index contributed by atoms with van der Waals surface area (Å²) in [6.45, 7) is 2.52. The molecular formula is C19H20F2N2O5. The predicted molar refractivity (Wildman–Crippen MR) is 92.5 cm³/mol. The molecule has 1 aromatic carbocycles. The standard InChI is InChI=1S/C19H20F2N2O5/c1-2-26-19(25)12-5-4-8-23(9-12)18(24)14-10-28-16(22-14)11-27-15-7-3-6-13(20)17(15)21/h3,6-7,10,12H,2,4-5,8-9,11H2,1H3/t12-/m0/s1. The maximum atomic E-state index is 13.6. The second-order valence-electron chi connectivity index (χ2n) is 6.31. The summed E-state index contributed by atoms with van der Waals surface area (Å²) in [5, 5.41) is 0. The third-order valence-corrected chi connectivity index (χ3v) is 4.37. The summed E-state index contributed by atoms with van der Waals surface area (Å²) >= 11 is 0. The number of carbonyl (C=O) groups is 2. The van der Waals surface area contributed by atoms with Gasteiger partial charge in [-0.25, -0.2) is 9.37 Å². The second kappa shape index (κ2) is 8.81. The number of hydrogen-bond donors (Lipinski definition) is 0. The predicted octanol–water partition coefficient (Wildman–Crippen LogP) is 2.95. The van der Waals surface area contributed by atoms with Gasteiger partial charge >= 0.3 is 5.97 Å². The van der Waals surface area contributed by atoms with Gasteiger partial charge in [0.05, 0.1) is 12.5 Å². The van der Waals surface area contributed by atoms with Gasteiger partial charge < -0.3 is 18.8 Å². The quantitative estimate of drug-likeness (QED) is 0.701. The van der Waals surface area contributed by atoms with Crippen LogP contribution in [0, 0.1) is 17.6 Å².